The molecule has 8 heteroatoms. The molecule has 1 amide bonds. The molecule has 1 aliphatic heterocycles. The Bertz CT molecular complexity index is 999. The summed E-state index contributed by atoms with van der Waals surface area (Å²) in [6.07, 6.45) is 0. The van der Waals surface area contributed by atoms with Gasteiger partial charge in [-0.05, 0) is 29.8 Å². The van der Waals surface area contributed by atoms with Crippen LogP contribution in [-0.2, 0) is 14.3 Å². The van der Waals surface area contributed by atoms with E-state index in [-0.39, 0.29) is 36.0 Å². The second-order valence-electron chi connectivity index (χ2n) is 6.65. The molecule has 2 N–H and O–H groups in total. The summed E-state index contributed by atoms with van der Waals surface area (Å²) in [4.78, 5) is 26.9. The van der Waals surface area contributed by atoms with Gasteiger partial charge in [-0.1, -0.05) is 18.2 Å². The molecule has 0 aliphatic carbocycles. The van der Waals surface area contributed by atoms with Crippen molar-refractivity contribution in [3.8, 4) is 17.2 Å². The number of phenols is 1. The summed E-state index contributed by atoms with van der Waals surface area (Å²) >= 11 is 0. The number of rotatable bonds is 7. The Morgan fingerprint density at radius 2 is 1.83 bits per heavy atom. The normalized spacial score (nSPS) is 18.0. The second kappa shape index (κ2) is 8.87. The summed E-state index contributed by atoms with van der Waals surface area (Å²) in [5.41, 5.74) is 0.712. The first kappa shape index (κ1) is 21.2. The number of likely N-dealkylation sites (tertiary alicyclic amines) is 1. The third kappa shape index (κ3) is 3.81. The van der Waals surface area contributed by atoms with Gasteiger partial charge in [-0.25, -0.2) is 0 Å². The van der Waals surface area contributed by atoms with Gasteiger partial charge < -0.3 is 29.3 Å². The van der Waals surface area contributed by atoms with E-state index in [4.69, 9.17) is 14.2 Å². The molecule has 1 atom stereocenters. The Labute approximate surface area is 173 Å². The monoisotopic (exact) mass is 413 g/mol. The molecule has 2 aromatic rings. The Balaban J connectivity index is 2.18. The Morgan fingerprint density at radius 1 is 1.07 bits per heavy atom. The molecule has 1 fully saturated rings. The van der Waals surface area contributed by atoms with Crippen molar-refractivity contribution in [2.75, 3.05) is 34.5 Å². The van der Waals surface area contributed by atoms with Gasteiger partial charge >= 0.3 is 0 Å². The fourth-order valence-electron chi connectivity index (χ4n) is 3.45. The Hall–Kier alpha value is -3.52. The number of Topliss-reactive ketones (excluding diaryl/α,β-unsaturated/α-hetero) is 1. The van der Waals surface area contributed by atoms with Gasteiger partial charge in [-0.15, -0.1) is 0 Å². The van der Waals surface area contributed by atoms with Gasteiger partial charge in [-0.2, -0.15) is 0 Å². The maximum absolute atomic E-state index is 12.9. The quantitative estimate of drug-likeness (QED) is 0.408. The molecule has 0 aromatic heterocycles. The van der Waals surface area contributed by atoms with Crippen molar-refractivity contribution < 1.29 is 34.0 Å². The average Bonchev–Trinajstić information content (AvgIpc) is 3.01. The van der Waals surface area contributed by atoms with Gasteiger partial charge in [-0.3, -0.25) is 9.59 Å². The van der Waals surface area contributed by atoms with Crippen molar-refractivity contribution in [1.82, 2.24) is 4.90 Å². The van der Waals surface area contributed by atoms with Crippen molar-refractivity contribution in [3.05, 3.63) is 59.2 Å². The van der Waals surface area contributed by atoms with E-state index >= 15 is 0 Å². The van der Waals surface area contributed by atoms with Crippen LogP contribution in [0.15, 0.2) is 48.0 Å². The molecule has 158 valence electrons. The van der Waals surface area contributed by atoms with Crippen LogP contribution in [0.25, 0.3) is 5.76 Å². The summed E-state index contributed by atoms with van der Waals surface area (Å²) in [6.45, 7) is 0.332. The summed E-state index contributed by atoms with van der Waals surface area (Å²) in [6, 6.07) is 10.2. The molecular formula is C22H23NO7. The number of benzene rings is 2. The van der Waals surface area contributed by atoms with E-state index in [2.05, 4.69) is 0 Å². The summed E-state index contributed by atoms with van der Waals surface area (Å²) in [7, 11) is 4.40. The molecule has 0 radical (unpaired) electrons. The molecule has 1 aliphatic rings. The van der Waals surface area contributed by atoms with Crippen LogP contribution >= 0.6 is 0 Å². The zero-order valence-corrected chi connectivity index (χ0v) is 16.9. The minimum Gasteiger partial charge on any atom is -0.507 e. The largest absolute Gasteiger partial charge is 0.507 e. The second-order valence-corrected chi connectivity index (χ2v) is 6.65. The highest BCUT2D eigenvalue weighted by molar-refractivity contribution is 6.46. The lowest BCUT2D eigenvalue weighted by atomic mass is 9.95. The Kier molecular flexibility index (Phi) is 6.27. The number of ketones is 1. The third-order valence-corrected chi connectivity index (χ3v) is 4.94. The van der Waals surface area contributed by atoms with E-state index < -0.39 is 17.7 Å². The van der Waals surface area contributed by atoms with Crippen LogP contribution in [0.2, 0.25) is 0 Å². The molecule has 0 spiro atoms. The number of amides is 1. The van der Waals surface area contributed by atoms with Crippen LogP contribution in [0.5, 0.6) is 17.2 Å². The number of hydrogen-bond acceptors (Lipinski definition) is 7. The average molecular weight is 413 g/mol. The van der Waals surface area contributed by atoms with E-state index in [9.17, 15) is 19.8 Å². The van der Waals surface area contributed by atoms with Gasteiger partial charge in [0.15, 0.2) is 11.5 Å². The highest BCUT2D eigenvalue weighted by atomic mass is 16.5. The fourth-order valence-corrected chi connectivity index (χ4v) is 3.45. The van der Waals surface area contributed by atoms with E-state index in [0.29, 0.717) is 16.9 Å². The molecule has 0 bridgehead atoms. The smallest absolute Gasteiger partial charge is 0.295 e. The summed E-state index contributed by atoms with van der Waals surface area (Å²) in [5, 5.41) is 21.2. The van der Waals surface area contributed by atoms with E-state index in [1.165, 1.54) is 38.4 Å². The minimum atomic E-state index is -0.900. The minimum absolute atomic E-state index is 0.0751. The zero-order valence-electron chi connectivity index (χ0n) is 16.9. The third-order valence-electron chi connectivity index (χ3n) is 4.94. The van der Waals surface area contributed by atoms with E-state index in [1.54, 1.807) is 30.3 Å². The predicted octanol–water partition coefficient (Wildman–Crippen LogP) is 2.48. The van der Waals surface area contributed by atoms with E-state index in [0.717, 1.165) is 0 Å². The molecule has 1 unspecified atom stereocenters. The van der Waals surface area contributed by atoms with Crippen LogP contribution < -0.4 is 9.47 Å². The maximum Gasteiger partial charge on any atom is 0.295 e. The number of phenolic OH excluding ortho intramolecular Hbond substituents is 1. The number of nitrogens with zero attached hydrogens (tertiary/aromatic N) is 1. The topological polar surface area (TPSA) is 106 Å². The number of aliphatic hydroxyl groups is 1. The number of aromatic hydroxyl groups is 1. The van der Waals surface area contributed by atoms with Crippen LogP contribution in [0.3, 0.4) is 0 Å². The van der Waals surface area contributed by atoms with Crippen LogP contribution in [-0.4, -0.2) is 61.3 Å². The van der Waals surface area contributed by atoms with Crippen molar-refractivity contribution in [2.24, 2.45) is 0 Å². The molecule has 1 heterocycles. The van der Waals surface area contributed by atoms with Gasteiger partial charge in [0.1, 0.15) is 11.5 Å². The van der Waals surface area contributed by atoms with Gasteiger partial charge in [0.05, 0.1) is 32.4 Å². The number of methoxy groups -OCH3 is 3. The van der Waals surface area contributed by atoms with Crippen LogP contribution in [0.4, 0.5) is 0 Å². The fraction of sp³-hybridized carbons (Fsp3) is 0.273. The first-order valence-corrected chi connectivity index (χ1v) is 9.21. The molecule has 8 nitrogen and oxygen atoms in total. The molecule has 30 heavy (non-hydrogen) atoms. The lowest BCUT2D eigenvalue weighted by Gasteiger charge is -2.25. The van der Waals surface area contributed by atoms with Crippen molar-refractivity contribution in [1.29, 1.82) is 0 Å². The number of carbonyl (C=O) groups excluding carboxylic acids is 2. The summed E-state index contributed by atoms with van der Waals surface area (Å²) < 4.78 is 15.3. The molecule has 0 saturated carbocycles. The molecule has 3 rings (SSSR count). The first-order valence-electron chi connectivity index (χ1n) is 9.21. The molecule has 1 saturated heterocycles. The number of hydrogen-bond donors (Lipinski definition) is 2. The van der Waals surface area contributed by atoms with Crippen molar-refractivity contribution >= 4 is 17.4 Å². The van der Waals surface area contributed by atoms with Crippen molar-refractivity contribution in [2.45, 2.75) is 6.04 Å². The molecular weight excluding hydrogens is 390 g/mol. The standard InChI is InChI=1S/C22H23NO7/c1-28-10-9-23-19(13-7-8-17(30-3)16(24)12-13)18(21(26)22(23)27)20(25)14-5-4-6-15(11-14)29-2/h4-8,11-12,19,24-25H,9-10H2,1-3H3/b20-18-. The van der Waals surface area contributed by atoms with Gasteiger partial charge in [0, 0.05) is 19.2 Å². The highest BCUT2D eigenvalue weighted by Crippen LogP contribution is 2.41. The van der Waals surface area contributed by atoms with E-state index in [1.807, 2.05) is 0 Å². The lowest BCUT2D eigenvalue weighted by molar-refractivity contribution is -0.140. The maximum atomic E-state index is 12.9. The Morgan fingerprint density at radius 3 is 2.47 bits per heavy atom. The van der Waals surface area contributed by atoms with Gasteiger partial charge in [0.2, 0.25) is 0 Å². The summed E-state index contributed by atoms with van der Waals surface area (Å²) in [5.74, 6) is -1.29. The SMILES string of the molecule is COCCN1C(=O)C(=O)/C(=C(\O)c2cccc(OC)c2)C1c1ccc(OC)c(O)c1. The highest BCUT2D eigenvalue weighted by Gasteiger charge is 2.46. The lowest BCUT2D eigenvalue weighted by Crippen LogP contribution is -2.32. The van der Waals surface area contributed by atoms with Crippen molar-refractivity contribution in [3.63, 3.8) is 0 Å². The number of aliphatic hydroxyl groups excluding tert-OH is 1. The first-order chi connectivity index (χ1) is 14.4. The number of ether oxygens (including phenoxy) is 3. The molecule has 2 aromatic carbocycles. The predicted molar refractivity (Wildman–Crippen MR) is 109 cm³/mol. The van der Waals surface area contributed by atoms with Crippen LogP contribution in [0, 0.1) is 0 Å². The zero-order chi connectivity index (χ0) is 21.8. The van der Waals surface area contributed by atoms with Crippen LogP contribution in [0.1, 0.15) is 17.2 Å². The van der Waals surface area contributed by atoms with Gasteiger partial charge in [0.25, 0.3) is 11.7 Å². The number of carbonyl (C=O) groups is 2.